The number of benzene rings is 2. The van der Waals surface area contributed by atoms with Crippen LogP contribution in [0, 0.1) is 0 Å². The van der Waals surface area contributed by atoms with Crippen LogP contribution in [-0.2, 0) is 27.2 Å². The van der Waals surface area contributed by atoms with Gasteiger partial charge in [0.1, 0.15) is 17.6 Å². The number of alkyl halides is 3. The number of rotatable bonds is 11. The number of anilines is 1. The molecule has 15 heteroatoms. The lowest BCUT2D eigenvalue weighted by molar-refractivity contribution is -0.212. The summed E-state index contributed by atoms with van der Waals surface area (Å²) in [5, 5.41) is 13.6. The van der Waals surface area contributed by atoms with Crippen LogP contribution >= 0.6 is 0 Å². The summed E-state index contributed by atoms with van der Waals surface area (Å²) in [7, 11) is 1.91. The minimum Gasteiger partial charge on any atom is -0.378 e. The smallest absolute Gasteiger partial charge is 0.378 e. The lowest BCUT2D eigenvalue weighted by Crippen LogP contribution is -2.55. The molecule has 0 radical (unpaired) electrons. The van der Waals surface area contributed by atoms with E-state index in [-0.39, 0.29) is 29.7 Å². The number of para-hydroxylation sites is 1. The zero-order valence-electron chi connectivity index (χ0n) is 26.9. The van der Waals surface area contributed by atoms with Crippen LogP contribution in [0.4, 0.5) is 19.0 Å². The van der Waals surface area contributed by atoms with Crippen LogP contribution < -0.4 is 15.5 Å². The number of carbonyl (C=O) groups excluding carboxylic acids is 3. The van der Waals surface area contributed by atoms with Gasteiger partial charge >= 0.3 is 6.30 Å². The first-order valence-corrected chi connectivity index (χ1v) is 15.7. The highest BCUT2D eigenvalue weighted by Crippen LogP contribution is 2.41. The molecule has 256 valence electrons. The van der Waals surface area contributed by atoms with Gasteiger partial charge in [-0.05, 0) is 43.3 Å². The summed E-state index contributed by atoms with van der Waals surface area (Å²) in [6.07, 6.45) is -2.55. The second kappa shape index (κ2) is 13.7. The van der Waals surface area contributed by atoms with Crippen molar-refractivity contribution in [1.82, 2.24) is 35.1 Å². The molecule has 0 bridgehead atoms. The first-order chi connectivity index (χ1) is 23.5. The van der Waals surface area contributed by atoms with Gasteiger partial charge < -0.3 is 15.4 Å². The maximum Gasteiger partial charge on any atom is 0.504 e. The van der Waals surface area contributed by atoms with Crippen molar-refractivity contribution >= 4 is 23.5 Å². The third-order valence-corrected chi connectivity index (χ3v) is 8.68. The summed E-state index contributed by atoms with van der Waals surface area (Å²) in [4.78, 5) is 44.0. The second-order valence-electron chi connectivity index (χ2n) is 11.9. The highest BCUT2D eigenvalue weighted by Gasteiger charge is 2.45. The number of nitrogens with zero attached hydrogens (tertiary/aromatic N) is 6. The predicted molar refractivity (Wildman–Crippen MR) is 173 cm³/mol. The highest BCUT2D eigenvalue weighted by molar-refractivity contribution is 6.04. The van der Waals surface area contributed by atoms with Gasteiger partial charge in [0.05, 0.1) is 31.1 Å². The van der Waals surface area contributed by atoms with E-state index in [9.17, 15) is 27.6 Å². The van der Waals surface area contributed by atoms with Crippen LogP contribution in [0.3, 0.4) is 0 Å². The van der Waals surface area contributed by atoms with E-state index in [1.807, 2.05) is 54.4 Å². The van der Waals surface area contributed by atoms with E-state index < -0.39 is 35.8 Å². The quantitative estimate of drug-likeness (QED) is 0.234. The number of halogens is 3. The molecule has 1 fully saturated rings. The monoisotopic (exact) mass is 676 g/mol. The Bertz CT molecular complexity index is 1870. The molecule has 6 rings (SSSR count). The molecule has 1 saturated heterocycles. The molecule has 0 aliphatic carbocycles. The van der Waals surface area contributed by atoms with Gasteiger partial charge in [-0.15, -0.1) is 13.2 Å². The van der Waals surface area contributed by atoms with Crippen molar-refractivity contribution in [3.63, 3.8) is 0 Å². The molecule has 2 aromatic heterocycles. The molecule has 12 nitrogen and oxygen atoms in total. The number of likely N-dealkylation sites (N-methyl/N-ethyl adjacent to an activating group) is 2. The summed E-state index contributed by atoms with van der Waals surface area (Å²) >= 11 is 0. The molecule has 0 unspecified atom stereocenters. The van der Waals surface area contributed by atoms with Crippen LogP contribution in [-0.4, -0.2) is 87.6 Å². The maximum absolute atomic E-state index is 14.2. The van der Waals surface area contributed by atoms with Gasteiger partial charge in [-0.25, -0.2) is 4.68 Å². The Labute approximate surface area is 280 Å². The molecule has 4 heterocycles. The van der Waals surface area contributed by atoms with E-state index in [1.165, 1.54) is 4.90 Å². The van der Waals surface area contributed by atoms with Crippen molar-refractivity contribution in [3.05, 3.63) is 108 Å². The SMILES string of the molecule is C=C(CN(C)C1COC1)C(=O)NCc1cccc([C@@H]2c3cnn(-c4ccccc4)c3N(CC)C(=O)[C@H]2NC(=O)c2ccn(C(F)(F)F)n2)c1. The summed E-state index contributed by atoms with van der Waals surface area (Å²) in [5.41, 5.74) is 2.58. The van der Waals surface area contributed by atoms with E-state index in [0.717, 1.165) is 11.6 Å². The molecule has 3 amide bonds. The van der Waals surface area contributed by atoms with Crippen molar-refractivity contribution < 1.29 is 32.3 Å². The molecule has 2 N–H and O–H groups in total. The van der Waals surface area contributed by atoms with Gasteiger partial charge in [0, 0.05) is 42.9 Å². The van der Waals surface area contributed by atoms with E-state index >= 15 is 0 Å². The average molecular weight is 677 g/mol. The zero-order chi connectivity index (χ0) is 34.9. The Morgan fingerprint density at radius 3 is 2.51 bits per heavy atom. The molecule has 4 aromatic rings. The minimum absolute atomic E-state index is 0.158. The third kappa shape index (κ3) is 6.85. The number of carbonyl (C=O) groups is 3. The number of fused-ring (bicyclic) bond motifs is 1. The van der Waals surface area contributed by atoms with Gasteiger partial charge in [0.2, 0.25) is 5.91 Å². The first-order valence-electron chi connectivity index (χ1n) is 15.7. The molecule has 2 aliphatic heterocycles. The summed E-state index contributed by atoms with van der Waals surface area (Å²) < 4.78 is 46.3. The van der Waals surface area contributed by atoms with E-state index in [2.05, 4.69) is 27.4 Å². The summed E-state index contributed by atoms with van der Waals surface area (Å²) in [6, 6.07) is 16.4. The van der Waals surface area contributed by atoms with Crippen LogP contribution in [0.2, 0.25) is 0 Å². The number of amides is 3. The average Bonchev–Trinajstić information content (AvgIpc) is 3.73. The predicted octanol–water partition coefficient (Wildman–Crippen LogP) is 3.35. The lowest BCUT2D eigenvalue weighted by Gasteiger charge is -2.38. The van der Waals surface area contributed by atoms with E-state index in [0.29, 0.717) is 54.2 Å². The van der Waals surface area contributed by atoms with Gasteiger partial charge in [-0.3, -0.25) is 24.2 Å². The summed E-state index contributed by atoms with van der Waals surface area (Å²) in [5.74, 6) is -2.01. The van der Waals surface area contributed by atoms with Crippen molar-refractivity contribution in [3.8, 4) is 5.69 Å². The fourth-order valence-corrected chi connectivity index (χ4v) is 6.00. The maximum atomic E-state index is 14.2. The first kappa shape index (κ1) is 33.6. The lowest BCUT2D eigenvalue weighted by atomic mass is 9.82. The Hall–Kier alpha value is -5.28. The van der Waals surface area contributed by atoms with E-state index in [1.54, 1.807) is 29.9 Å². The molecule has 0 spiro atoms. The standard InChI is InChI=1S/C34H35F3N8O4/c1-4-43-32-26(17-39-45(32)24-11-6-5-7-12-24)28(29(33(43)48)40-31(47)27-13-14-44(41-27)34(35,36)37)23-10-8-9-22(15-23)16-38-30(46)21(2)18-42(3)25-19-49-20-25/h5-15,17,25,28-29H,2,4,16,18-20H2,1,3H3,(H,38,46)(H,40,47)/t28-,29+/m1/s1. The van der Waals surface area contributed by atoms with Gasteiger partial charge in [-0.2, -0.15) is 14.9 Å². The molecule has 2 aliphatic rings. The van der Waals surface area contributed by atoms with Crippen molar-refractivity contribution in [2.45, 2.75) is 37.8 Å². The topological polar surface area (TPSA) is 127 Å². The fraction of sp³-hybridized carbons (Fsp3) is 0.324. The number of nitrogens with one attached hydrogen (secondary N) is 2. The van der Waals surface area contributed by atoms with Gasteiger partial charge in [0.15, 0.2) is 0 Å². The van der Waals surface area contributed by atoms with Crippen molar-refractivity contribution in [2.24, 2.45) is 0 Å². The minimum atomic E-state index is -4.81. The van der Waals surface area contributed by atoms with Crippen LogP contribution in [0.5, 0.6) is 0 Å². The van der Waals surface area contributed by atoms with Crippen molar-refractivity contribution in [1.29, 1.82) is 0 Å². The zero-order valence-corrected chi connectivity index (χ0v) is 26.9. The van der Waals surface area contributed by atoms with Crippen LogP contribution in [0.1, 0.15) is 40.0 Å². The Morgan fingerprint density at radius 1 is 1.10 bits per heavy atom. The Kier molecular flexibility index (Phi) is 9.39. The van der Waals surface area contributed by atoms with Gasteiger partial charge in [0.25, 0.3) is 11.8 Å². The molecular weight excluding hydrogens is 641 g/mol. The van der Waals surface area contributed by atoms with Crippen LogP contribution in [0.15, 0.2) is 85.2 Å². The Balaban J connectivity index is 1.32. The number of hydrogen-bond donors (Lipinski definition) is 2. The fourth-order valence-electron chi connectivity index (χ4n) is 6.00. The van der Waals surface area contributed by atoms with E-state index in [4.69, 9.17) is 4.74 Å². The molecule has 2 aromatic carbocycles. The molecule has 2 atom stereocenters. The molecule has 0 saturated carbocycles. The molecule has 49 heavy (non-hydrogen) atoms. The van der Waals surface area contributed by atoms with Gasteiger partial charge in [-0.1, -0.05) is 49.0 Å². The second-order valence-corrected chi connectivity index (χ2v) is 11.9. The number of ether oxygens (including phenoxy) is 1. The normalized spacial score (nSPS) is 17.8. The third-order valence-electron chi connectivity index (χ3n) is 8.68. The van der Waals surface area contributed by atoms with Crippen LogP contribution in [0.25, 0.3) is 5.69 Å². The number of aromatic nitrogens is 4. The summed E-state index contributed by atoms with van der Waals surface area (Å²) in [6.45, 7) is 7.71. The largest absolute Gasteiger partial charge is 0.504 e. The highest BCUT2D eigenvalue weighted by atomic mass is 19.4. The van der Waals surface area contributed by atoms with Crippen molar-refractivity contribution in [2.75, 3.05) is 38.3 Å². The molecular formula is C34H35F3N8O4. The number of hydrogen-bond acceptors (Lipinski definition) is 7. The Morgan fingerprint density at radius 2 is 1.86 bits per heavy atom.